The van der Waals surface area contributed by atoms with E-state index in [1.54, 1.807) is 6.20 Å². The number of rotatable bonds is 6. The van der Waals surface area contributed by atoms with E-state index in [-0.39, 0.29) is 23.7 Å². The zero-order chi connectivity index (χ0) is 16.2. The summed E-state index contributed by atoms with van der Waals surface area (Å²) in [6.45, 7) is 11.3. The molecule has 0 bridgehead atoms. The van der Waals surface area contributed by atoms with Crippen molar-refractivity contribution in [1.29, 1.82) is 0 Å². The predicted octanol–water partition coefficient (Wildman–Crippen LogP) is 2.57. The third kappa shape index (κ3) is 4.95. The minimum absolute atomic E-state index is 0. The lowest BCUT2D eigenvalue weighted by Gasteiger charge is -2.37. The van der Waals surface area contributed by atoms with Gasteiger partial charge in [0.05, 0.1) is 0 Å². The van der Waals surface area contributed by atoms with Crippen molar-refractivity contribution in [3.05, 3.63) is 18.5 Å². The van der Waals surface area contributed by atoms with Crippen molar-refractivity contribution >= 4 is 18.3 Å². The molecule has 1 saturated heterocycles. The van der Waals surface area contributed by atoms with Crippen LogP contribution in [-0.4, -0.2) is 35.3 Å². The fourth-order valence-corrected chi connectivity index (χ4v) is 3.58. The average molecular weight is 343 g/mol. The number of aromatic nitrogens is 2. The number of hydrogen-bond acceptors (Lipinski definition) is 3. The lowest BCUT2D eigenvalue weighted by Crippen LogP contribution is -2.55. The first-order valence-corrected chi connectivity index (χ1v) is 8.35. The molecule has 0 atom stereocenters. The van der Waals surface area contributed by atoms with Crippen LogP contribution in [0.25, 0.3) is 0 Å². The molecular formula is C17H31ClN4O. The number of halogens is 1. The Kier molecular flexibility index (Phi) is 7.08. The summed E-state index contributed by atoms with van der Waals surface area (Å²) in [5.41, 5.74) is -0.426. The molecule has 1 aliphatic rings. The number of carbonyl (C=O) groups excluding carboxylic acids is 1. The van der Waals surface area contributed by atoms with Crippen molar-refractivity contribution in [2.45, 2.75) is 52.5 Å². The highest BCUT2D eigenvalue weighted by Crippen LogP contribution is 2.29. The Bertz CT molecular complexity index is 479. The monoisotopic (exact) mass is 342 g/mol. The molecule has 1 fully saturated rings. The summed E-state index contributed by atoms with van der Waals surface area (Å²) in [6, 6.07) is 1.89. The summed E-state index contributed by atoms with van der Waals surface area (Å²) < 4.78 is 1.85. The minimum atomic E-state index is -0.539. The van der Waals surface area contributed by atoms with E-state index in [0.29, 0.717) is 12.5 Å². The van der Waals surface area contributed by atoms with Crippen LogP contribution in [0.2, 0.25) is 0 Å². The number of nitrogens with zero attached hydrogens (tertiary/aromatic N) is 2. The molecule has 1 aliphatic heterocycles. The molecule has 23 heavy (non-hydrogen) atoms. The predicted molar refractivity (Wildman–Crippen MR) is 95.8 cm³/mol. The van der Waals surface area contributed by atoms with Crippen molar-refractivity contribution < 1.29 is 4.79 Å². The number of piperidine rings is 1. The molecule has 0 unspecified atom stereocenters. The number of amides is 1. The van der Waals surface area contributed by atoms with Gasteiger partial charge < -0.3 is 10.6 Å². The van der Waals surface area contributed by atoms with Crippen molar-refractivity contribution in [3.8, 4) is 0 Å². The van der Waals surface area contributed by atoms with Gasteiger partial charge in [-0.25, -0.2) is 0 Å². The lowest BCUT2D eigenvalue weighted by molar-refractivity contribution is -0.132. The minimum Gasteiger partial charge on any atom is -0.353 e. The lowest BCUT2D eigenvalue weighted by atomic mass is 9.83. The second kappa shape index (κ2) is 8.15. The second-order valence-electron chi connectivity index (χ2n) is 7.68. The smallest absolute Gasteiger partial charge is 0.248 e. The van der Waals surface area contributed by atoms with Crippen molar-refractivity contribution in [2.24, 2.45) is 11.3 Å². The SMILES string of the molecule is CC(C)CC(C)(C)CNC(=O)C1(n2cccn2)CCNCC1.Cl. The van der Waals surface area contributed by atoms with Crippen LogP contribution in [0.15, 0.2) is 18.5 Å². The number of carbonyl (C=O) groups is 1. The average Bonchev–Trinajstić information content (AvgIpc) is 2.99. The Labute approximate surface area is 146 Å². The first kappa shape index (κ1) is 20.0. The largest absolute Gasteiger partial charge is 0.353 e. The van der Waals surface area contributed by atoms with Crippen LogP contribution in [0.1, 0.15) is 47.0 Å². The molecule has 1 amide bonds. The fourth-order valence-electron chi connectivity index (χ4n) is 3.58. The van der Waals surface area contributed by atoms with Gasteiger partial charge in [0.25, 0.3) is 0 Å². The van der Waals surface area contributed by atoms with Crippen molar-refractivity contribution in [3.63, 3.8) is 0 Å². The maximum Gasteiger partial charge on any atom is 0.248 e. The van der Waals surface area contributed by atoms with E-state index in [1.165, 1.54) is 0 Å². The van der Waals surface area contributed by atoms with Crippen LogP contribution in [0.4, 0.5) is 0 Å². The molecule has 132 valence electrons. The number of nitrogens with one attached hydrogen (secondary N) is 2. The Morgan fingerprint density at radius 1 is 1.39 bits per heavy atom. The van der Waals surface area contributed by atoms with Gasteiger partial charge in [0, 0.05) is 18.9 Å². The van der Waals surface area contributed by atoms with Gasteiger partial charge in [0.2, 0.25) is 5.91 Å². The Hall–Kier alpha value is -1.07. The highest BCUT2D eigenvalue weighted by molar-refractivity contribution is 5.85. The van der Waals surface area contributed by atoms with Crippen LogP contribution >= 0.6 is 12.4 Å². The quantitative estimate of drug-likeness (QED) is 0.835. The van der Waals surface area contributed by atoms with Gasteiger partial charge in [0.15, 0.2) is 0 Å². The van der Waals surface area contributed by atoms with Crippen molar-refractivity contribution in [2.75, 3.05) is 19.6 Å². The molecule has 2 heterocycles. The van der Waals surface area contributed by atoms with Crippen LogP contribution < -0.4 is 10.6 Å². The molecular weight excluding hydrogens is 312 g/mol. The van der Waals surface area contributed by atoms with Gasteiger partial charge in [-0.1, -0.05) is 27.7 Å². The topological polar surface area (TPSA) is 59.0 Å². The Morgan fingerprint density at radius 3 is 2.57 bits per heavy atom. The zero-order valence-corrected chi connectivity index (χ0v) is 15.6. The zero-order valence-electron chi connectivity index (χ0n) is 14.8. The van der Waals surface area contributed by atoms with Gasteiger partial charge >= 0.3 is 0 Å². The highest BCUT2D eigenvalue weighted by atomic mass is 35.5. The van der Waals surface area contributed by atoms with Gasteiger partial charge in [-0.15, -0.1) is 12.4 Å². The van der Waals surface area contributed by atoms with Crippen LogP contribution in [0.3, 0.4) is 0 Å². The van der Waals surface area contributed by atoms with Gasteiger partial charge in [-0.05, 0) is 49.8 Å². The summed E-state index contributed by atoms with van der Waals surface area (Å²) in [4.78, 5) is 13.0. The molecule has 0 aliphatic carbocycles. The summed E-state index contributed by atoms with van der Waals surface area (Å²) in [6.07, 6.45) is 6.32. The van der Waals surface area contributed by atoms with E-state index in [9.17, 15) is 4.79 Å². The van der Waals surface area contributed by atoms with Crippen LogP contribution in [-0.2, 0) is 10.3 Å². The summed E-state index contributed by atoms with van der Waals surface area (Å²) in [5, 5.41) is 10.9. The molecule has 1 aromatic heterocycles. The molecule has 1 aromatic rings. The molecule has 0 saturated carbocycles. The maximum atomic E-state index is 13.0. The van der Waals surface area contributed by atoms with E-state index >= 15 is 0 Å². The van der Waals surface area contributed by atoms with Crippen molar-refractivity contribution in [1.82, 2.24) is 20.4 Å². The van der Waals surface area contributed by atoms with Crippen LogP contribution in [0.5, 0.6) is 0 Å². The molecule has 5 nitrogen and oxygen atoms in total. The molecule has 0 aromatic carbocycles. The molecule has 0 spiro atoms. The standard InChI is InChI=1S/C17H30N4O.ClH/c1-14(2)12-16(3,4)13-19-15(22)17(6-9-18-10-7-17)21-11-5-8-20-21;/h5,8,11,14,18H,6-7,9-10,12-13H2,1-4H3,(H,19,22);1H. The normalized spacial score (nSPS) is 17.6. The van der Waals surface area contributed by atoms with E-state index in [4.69, 9.17) is 0 Å². The van der Waals surface area contributed by atoms with E-state index in [1.807, 2.05) is 16.9 Å². The van der Waals surface area contributed by atoms with Crippen LogP contribution in [0, 0.1) is 11.3 Å². The summed E-state index contributed by atoms with van der Waals surface area (Å²) in [7, 11) is 0. The second-order valence-corrected chi connectivity index (χ2v) is 7.68. The highest BCUT2D eigenvalue weighted by Gasteiger charge is 2.42. The van der Waals surface area contributed by atoms with E-state index in [2.05, 4.69) is 43.4 Å². The Balaban J connectivity index is 0.00000264. The third-order valence-electron chi connectivity index (χ3n) is 4.48. The number of hydrogen-bond donors (Lipinski definition) is 2. The molecule has 2 N–H and O–H groups in total. The van der Waals surface area contributed by atoms with E-state index < -0.39 is 5.54 Å². The Morgan fingerprint density at radius 2 is 2.04 bits per heavy atom. The fraction of sp³-hybridized carbons (Fsp3) is 0.765. The molecule has 2 rings (SSSR count). The van der Waals surface area contributed by atoms with E-state index in [0.717, 1.165) is 32.4 Å². The van der Waals surface area contributed by atoms with Gasteiger partial charge in [-0.3, -0.25) is 9.48 Å². The van der Waals surface area contributed by atoms with Gasteiger partial charge in [-0.2, -0.15) is 5.10 Å². The third-order valence-corrected chi connectivity index (χ3v) is 4.48. The maximum absolute atomic E-state index is 13.0. The first-order chi connectivity index (χ1) is 10.4. The molecule has 0 radical (unpaired) electrons. The van der Waals surface area contributed by atoms with Gasteiger partial charge in [0.1, 0.15) is 5.54 Å². The molecule has 6 heteroatoms. The first-order valence-electron chi connectivity index (χ1n) is 8.35. The summed E-state index contributed by atoms with van der Waals surface area (Å²) >= 11 is 0. The summed E-state index contributed by atoms with van der Waals surface area (Å²) in [5.74, 6) is 0.736.